The molecule has 0 aliphatic carbocycles. The summed E-state index contributed by atoms with van der Waals surface area (Å²) < 4.78 is 0. The Hall–Kier alpha value is -9.74. The van der Waals surface area contributed by atoms with Gasteiger partial charge in [-0.15, -0.1) is 0 Å². The SMILES string of the molecule is [C-]#[N+]c1cccc(N(c2cc(-c3ccc(C)cc3)cc(-c3ccc(C)cc3)c2)c2ccc3ccc4c(N(c5cccc(C#N)c5)c5cc(-c6ccc(C)cc6)cc(-c6ccc(C)cc6)c5)ccc5ccc2c3c54)c1. The zero-order valence-corrected chi connectivity index (χ0v) is 41.7. The number of anilines is 6. The molecule has 350 valence electrons. The minimum Gasteiger partial charge on any atom is -0.311 e. The van der Waals surface area contributed by atoms with Crippen molar-refractivity contribution in [2.75, 3.05) is 9.80 Å². The number of rotatable bonds is 10. The van der Waals surface area contributed by atoms with Crippen molar-refractivity contribution < 1.29 is 0 Å². The van der Waals surface area contributed by atoms with Crippen LogP contribution in [0.2, 0.25) is 0 Å². The van der Waals surface area contributed by atoms with E-state index in [0.29, 0.717) is 11.3 Å². The van der Waals surface area contributed by atoms with Gasteiger partial charge in [-0.2, -0.15) is 5.26 Å². The fourth-order valence-corrected chi connectivity index (χ4v) is 10.6. The number of aryl methyl sites for hydroxylation is 4. The van der Waals surface area contributed by atoms with Crippen molar-refractivity contribution in [3.8, 4) is 50.6 Å². The Labute approximate surface area is 433 Å². The van der Waals surface area contributed by atoms with Crippen molar-refractivity contribution in [2.24, 2.45) is 0 Å². The molecule has 0 unspecified atom stereocenters. The van der Waals surface area contributed by atoms with Crippen LogP contribution in [0.3, 0.4) is 0 Å². The van der Waals surface area contributed by atoms with Crippen molar-refractivity contribution in [1.29, 1.82) is 5.26 Å². The van der Waals surface area contributed by atoms with Crippen LogP contribution in [0, 0.1) is 45.6 Å². The van der Waals surface area contributed by atoms with E-state index in [1.807, 2.05) is 36.4 Å². The summed E-state index contributed by atoms with van der Waals surface area (Å²) in [5.41, 5.74) is 20.6. The summed E-state index contributed by atoms with van der Waals surface area (Å²) in [6, 6.07) is 85.0. The average Bonchev–Trinajstić information content (AvgIpc) is 3.45. The summed E-state index contributed by atoms with van der Waals surface area (Å²) in [7, 11) is 0. The first kappa shape index (κ1) is 45.4. The molecule has 0 amide bonds. The molecular formula is C70H50N4. The normalized spacial score (nSPS) is 11.2. The molecule has 4 heteroatoms. The molecule has 0 radical (unpaired) electrons. The number of nitriles is 1. The predicted octanol–water partition coefficient (Wildman–Crippen LogP) is 19.8. The molecule has 12 aromatic rings. The minimum absolute atomic E-state index is 0.570. The molecule has 0 saturated carbocycles. The zero-order chi connectivity index (χ0) is 50.5. The summed E-state index contributed by atoms with van der Waals surface area (Å²) in [5.74, 6) is 0. The lowest BCUT2D eigenvalue weighted by atomic mass is 9.91. The van der Waals surface area contributed by atoms with Gasteiger partial charge in [0.1, 0.15) is 0 Å². The van der Waals surface area contributed by atoms with E-state index in [-0.39, 0.29) is 0 Å². The van der Waals surface area contributed by atoms with Gasteiger partial charge in [-0.1, -0.05) is 174 Å². The summed E-state index contributed by atoms with van der Waals surface area (Å²) in [5, 5.41) is 17.0. The van der Waals surface area contributed by atoms with Crippen LogP contribution in [-0.4, -0.2) is 0 Å². The van der Waals surface area contributed by atoms with Crippen LogP contribution < -0.4 is 9.80 Å². The second kappa shape index (κ2) is 18.8. The Bertz CT molecular complexity index is 3770. The van der Waals surface area contributed by atoms with Crippen molar-refractivity contribution >= 4 is 72.1 Å². The van der Waals surface area contributed by atoms with E-state index < -0.39 is 0 Å². The molecule has 0 N–H and O–H groups in total. The van der Waals surface area contributed by atoms with Crippen molar-refractivity contribution in [2.45, 2.75) is 27.7 Å². The Morgan fingerprint density at radius 1 is 0.351 bits per heavy atom. The first-order valence-corrected chi connectivity index (χ1v) is 25.0. The molecule has 0 spiro atoms. The van der Waals surface area contributed by atoms with Crippen LogP contribution >= 0.6 is 0 Å². The van der Waals surface area contributed by atoms with Crippen molar-refractivity contribution in [1.82, 2.24) is 0 Å². The fourth-order valence-electron chi connectivity index (χ4n) is 10.6. The average molecular weight is 947 g/mol. The fraction of sp³-hybridized carbons (Fsp3) is 0.0571. The Kier molecular flexibility index (Phi) is 11.5. The number of hydrogen-bond donors (Lipinski definition) is 0. The second-order valence-corrected chi connectivity index (χ2v) is 19.6. The molecule has 0 heterocycles. The molecule has 0 atom stereocenters. The second-order valence-electron chi connectivity index (χ2n) is 19.6. The van der Waals surface area contributed by atoms with E-state index in [4.69, 9.17) is 6.57 Å². The smallest absolute Gasteiger partial charge is 0.189 e. The minimum atomic E-state index is 0.570. The van der Waals surface area contributed by atoms with Crippen molar-refractivity contribution in [3.05, 3.63) is 270 Å². The lowest BCUT2D eigenvalue weighted by Crippen LogP contribution is -2.12. The van der Waals surface area contributed by atoms with Gasteiger partial charge in [0.25, 0.3) is 0 Å². The summed E-state index contributed by atoms with van der Waals surface area (Å²) in [6.45, 7) is 16.6. The highest BCUT2D eigenvalue weighted by atomic mass is 15.2. The standard InChI is InChI=1S/C70H50N4/c1-45-12-20-50(21-13-45)56-37-57(51-22-14-46(2)15-23-51)40-63(39-56)73(61-10-6-8-49(36-61)44-71)67-34-30-54-29-33-66-68(35-31-55-28-32-65(67)69(54)70(55)66)74(62-11-7-9-60(43-62)72-5)64-41-58(52-24-16-47(3)17-25-52)38-59(42-64)53-26-18-48(4)19-27-53/h6-43H,1-4H3. The zero-order valence-electron chi connectivity index (χ0n) is 41.7. The van der Waals surface area contributed by atoms with E-state index in [1.165, 1.54) is 22.3 Å². The van der Waals surface area contributed by atoms with E-state index in [2.05, 4.69) is 243 Å². The maximum absolute atomic E-state index is 10.3. The molecule has 0 aromatic heterocycles. The van der Waals surface area contributed by atoms with E-state index in [0.717, 1.165) is 111 Å². The largest absolute Gasteiger partial charge is 0.311 e. The molecule has 4 nitrogen and oxygen atoms in total. The highest BCUT2D eigenvalue weighted by Crippen LogP contribution is 2.49. The van der Waals surface area contributed by atoms with Crippen LogP contribution in [0.1, 0.15) is 27.8 Å². The van der Waals surface area contributed by atoms with Crippen LogP contribution in [0.5, 0.6) is 0 Å². The molecule has 12 aromatic carbocycles. The molecule has 12 rings (SSSR count). The number of hydrogen-bond acceptors (Lipinski definition) is 3. The van der Waals surface area contributed by atoms with Crippen LogP contribution in [0.25, 0.3) is 81.7 Å². The Morgan fingerprint density at radius 2 is 0.716 bits per heavy atom. The van der Waals surface area contributed by atoms with Gasteiger partial charge in [-0.3, -0.25) is 0 Å². The van der Waals surface area contributed by atoms with Crippen LogP contribution in [0.15, 0.2) is 231 Å². The van der Waals surface area contributed by atoms with Gasteiger partial charge in [0, 0.05) is 33.5 Å². The van der Waals surface area contributed by atoms with Gasteiger partial charge in [0.05, 0.1) is 29.6 Å². The third-order valence-corrected chi connectivity index (χ3v) is 14.4. The number of benzene rings is 12. The lowest BCUT2D eigenvalue weighted by Gasteiger charge is -2.30. The molecule has 0 fully saturated rings. The summed E-state index contributed by atoms with van der Waals surface area (Å²) >= 11 is 0. The topological polar surface area (TPSA) is 34.6 Å². The first-order chi connectivity index (χ1) is 36.2. The van der Waals surface area contributed by atoms with Gasteiger partial charge in [-0.05, 0) is 173 Å². The first-order valence-electron chi connectivity index (χ1n) is 25.0. The van der Waals surface area contributed by atoms with E-state index >= 15 is 0 Å². The lowest BCUT2D eigenvalue weighted by molar-refractivity contribution is 1.29. The van der Waals surface area contributed by atoms with Gasteiger partial charge in [-0.25, -0.2) is 4.85 Å². The maximum atomic E-state index is 10.3. The molecular weight excluding hydrogens is 897 g/mol. The third kappa shape index (κ3) is 8.45. The predicted molar refractivity (Wildman–Crippen MR) is 311 cm³/mol. The van der Waals surface area contributed by atoms with Gasteiger partial charge in [0.2, 0.25) is 0 Å². The third-order valence-electron chi connectivity index (χ3n) is 14.4. The Balaban J connectivity index is 1.11. The molecule has 0 bridgehead atoms. The molecule has 74 heavy (non-hydrogen) atoms. The maximum Gasteiger partial charge on any atom is 0.189 e. The molecule has 0 aliphatic rings. The van der Waals surface area contributed by atoms with E-state index in [1.54, 1.807) is 0 Å². The highest BCUT2D eigenvalue weighted by molar-refractivity contribution is 6.28. The summed E-state index contributed by atoms with van der Waals surface area (Å²) in [4.78, 5) is 8.58. The van der Waals surface area contributed by atoms with Gasteiger partial charge < -0.3 is 9.80 Å². The van der Waals surface area contributed by atoms with Gasteiger partial charge >= 0.3 is 0 Å². The number of nitrogens with zero attached hydrogens (tertiary/aromatic N) is 4. The quantitative estimate of drug-likeness (QED) is 0.101. The van der Waals surface area contributed by atoms with E-state index in [9.17, 15) is 5.26 Å². The van der Waals surface area contributed by atoms with Crippen molar-refractivity contribution in [3.63, 3.8) is 0 Å². The summed E-state index contributed by atoms with van der Waals surface area (Å²) in [6.07, 6.45) is 0. The molecule has 0 aliphatic heterocycles. The molecule has 0 saturated heterocycles. The van der Waals surface area contributed by atoms with Crippen LogP contribution in [0.4, 0.5) is 39.8 Å². The monoisotopic (exact) mass is 946 g/mol. The van der Waals surface area contributed by atoms with Crippen LogP contribution in [-0.2, 0) is 0 Å². The van der Waals surface area contributed by atoms with Gasteiger partial charge in [0.15, 0.2) is 5.69 Å². The highest BCUT2D eigenvalue weighted by Gasteiger charge is 2.24. The Morgan fingerprint density at radius 3 is 1.09 bits per heavy atom.